The van der Waals surface area contributed by atoms with Crippen molar-refractivity contribution in [3.63, 3.8) is 0 Å². The molecule has 0 unspecified atom stereocenters. The van der Waals surface area contributed by atoms with Crippen molar-refractivity contribution in [2.45, 2.75) is 18.8 Å². The van der Waals surface area contributed by atoms with Crippen LogP contribution in [-0.4, -0.2) is 33.8 Å². The van der Waals surface area contributed by atoms with Gasteiger partial charge in [-0.2, -0.15) is 0 Å². The molecule has 0 bridgehead atoms. The van der Waals surface area contributed by atoms with E-state index >= 15 is 0 Å². The summed E-state index contributed by atoms with van der Waals surface area (Å²) in [6.45, 7) is 2.90. The zero-order chi connectivity index (χ0) is 13.6. The minimum absolute atomic E-state index is 0.102. The van der Waals surface area contributed by atoms with Crippen LogP contribution in [0.5, 0.6) is 0 Å². The number of carboxylic acid groups (broad SMARTS) is 1. The summed E-state index contributed by atoms with van der Waals surface area (Å²) in [4.78, 5) is 15.5. The van der Waals surface area contributed by atoms with Gasteiger partial charge in [-0.1, -0.05) is 6.07 Å². The van der Waals surface area contributed by atoms with Gasteiger partial charge in [0.25, 0.3) is 0 Å². The molecule has 1 aromatic carbocycles. The normalized spacial score (nSPS) is 17.4. The van der Waals surface area contributed by atoms with Crippen LogP contribution in [-0.2, 0) is 22.0 Å². The van der Waals surface area contributed by atoms with E-state index in [9.17, 15) is 4.79 Å². The minimum atomic E-state index is -0.791. The van der Waals surface area contributed by atoms with E-state index in [0.717, 1.165) is 22.4 Å². The van der Waals surface area contributed by atoms with E-state index in [0.29, 0.717) is 13.2 Å². The Kier molecular flexibility index (Phi) is 2.60. The second-order valence-corrected chi connectivity index (χ2v) is 5.27. The predicted molar refractivity (Wildman–Crippen MR) is 70.2 cm³/mol. The maximum Gasteiger partial charge on any atom is 0.304 e. The van der Waals surface area contributed by atoms with Crippen LogP contribution in [0.2, 0.25) is 0 Å². The maximum absolute atomic E-state index is 11.0. The Morgan fingerprint density at radius 3 is 2.84 bits per heavy atom. The number of aryl methyl sites for hydroxylation is 2. The number of hydrogen-bond acceptors (Lipinski definition) is 3. The van der Waals surface area contributed by atoms with E-state index in [4.69, 9.17) is 9.84 Å². The Balaban J connectivity index is 2.07. The summed E-state index contributed by atoms with van der Waals surface area (Å²) in [5.41, 5.74) is 2.60. The van der Waals surface area contributed by atoms with Gasteiger partial charge in [-0.3, -0.25) is 4.79 Å². The van der Waals surface area contributed by atoms with Crippen molar-refractivity contribution < 1.29 is 14.6 Å². The first kappa shape index (κ1) is 12.2. The number of aromatic nitrogens is 2. The SMILES string of the molecule is Cc1nc2cc(C3(CC(=O)O)COC3)ccc2n1C. The molecular weight excluding hydrogens is 244 g/mol. The van der Waals surface area contributed by atoms with Crippen LogP contribution in [0, 0.1) is 6.92 Å². The van der Waals surface area contributed by atoms with E-state index in [2.05, 4.69) is 4.98 Å². The zero-order valence-electron chi connectivity index (χ0n) is 11.0. The molecule has 3 rings (SSSR count). The molecule has 1 aliphatic rings. The summed E-state index contributed by atoms with van der Waals surface area (Å²) in [5.74, 6) is 0.157. The van der Waals surface area contributed by atoms with Gasteiger partial charge in [0.1, 0.15) is 5.82 Å². The average molecular weight is 260 g/mol. The number of ether oxygens (including phenoxy) is 1. The summed E-state index contributed by atoms with van der Waals surface area (Å²) in [6.07, 6.45) is 0.102. The number of benzene rings is 1. The van der Waals surface area contributed by atoms with Gasteiger partial charge in [-0.15, -0.1) is 0 Å². The summed E-state index contributed by atoms with van der Waals surface area (Å²) < 4.78 is 7.27. The fourth-order valence-electron chi connectivity index (χ4n) is 2.66. The highest BCUT2D eigenvalue weighted by atomic mass is 16.5. The minimum Gasteiger partial charge on any atom is -0.481 e. The fourth-order valence-corrected chi connectivity index (χ4v) is 2.66. The number of carbonyl (C=O) groups is 1. The summed E-state index contributed by atoms with van der Waals surface area (Å²) in [5, 5.41) is 9.06. The summed E-state index contributed by atoms with van der Waals surface area (Å²) in [6, 6.07) is 6.00. The lowest BCUT2D eigenvalue weighted by Gasteiger charge is -2.40. The molecule has 1 aromatic heterocycles. The number of carboxylic acids is 1. The largest absolute Gasteiger partial charge is 0.481 e. The van der Waals surface area contributed by atoms with Crippen molar-refractivity contribution in [1.29, 1.82) is 0 Å². The molecule has 0 spiro atoms. The number of fused-ring (bicyclic) bond motifs is 1. The summed E-state index contributed by atoms with van der Waals surface area (Å²) >= 11 is 0. The van der Waals surface area contributed by atoms with E-state index in [-0.39, 0.29) is 11.8 Å². The van der Waals surface area contributed by atoms with Gasteiger partial charge >= 0.3 is 5.97 Å². The van der Waals surface area contributed by atoms with Gasteiger partial charge in [-0.05, 0) is 24.6 Å². The average Bonchev–Trinajstić information content (AvgIpc) is 2.59. The molecule has 1 saturated heterocycles. The highest BCUT2D eigenvalue weighted by molar-refractivity contribution is 5.78. The van der Waals surface area contributed by atoms with Crippen LogP contribution in [0.1, 0.15) is 17.8 Å². The van der Waals surface area contributed by atoms with Crippen LogP contribution >= 0.6 is 0 Å². The molecule has 0 aliphatic carbocycles. The quantitative estimate of drug-likeness (QED) is 0.911. The lowest BCUT2D eigenvalue weighted by Crippen LogP contribution is -2.48. The Bertz CT molecular complexity index is 656. The maximum atomic E-state index is 11.0. The molecule has 0 saturated carbocycles. The second kappa shape index (κ2) is 4.06. The van der Waals surface area contributed by atoms with Gasteiger partial charge in [0.05, 0.1) is 36.1 Å². The monoisotopic (exact) mass is 260 g/mol. The molecule has 1 fully saturated rings. The van der Waals surface area contributed by atoms with Crippen molar-refractivity contribution in [3.05, 3.63) is 29.6 Å². The molecule has 5 heteroatoms. The lowest BCUT2D eigenvalue weighted by atomic mass is 9.76. The van der Waals surface area contributed by atoms with E-state index in [1.807, 2.05) is 36.7 Å². The predicted octanol–water partition coefficient (Wildman–Crippen LogP) is 1.62. The van der Waals surface area contributed by atoms with Crippen LogP contribution in [0.4, 0.5) is 0 Å². The highest BCUT2D eigenvalue weighted by Crippen LogP contribution is 2.37. The van der Waals surface area contributed by atoms with Crippen molar-refractivity contribution in [3.8, 4) is 0 Å². The van der Waals surface area contributed by atoms with Crippen LogP contribution < -0.4 is 0 Å². The molecule has 100 valence electrons. The summed E-state index contributed by atoms with van der Waals surface area (Å²) in [7, 11) is 1.98. The first-order valence-electron chi connectivity index (χ1n) is 6.25. The number of hydrogen-bond donors (Lipinski definition) is 1. The van der Waals surface area contributed by atoms with E-state index in [1.165, 1.54) is 0 Å². The van der Waals surface area contributed by atoms with E-state index in [1.54, 1.807) is 0 Å². The van der Waals surface area contributed by atoms with Crippen LogP contribution in [0.25, 0.3) is 11.0 Å². The lowest BCUT2D eigenvalue weighted by molar-refractivity contribution is -0.145. The Morgan fingerprint density at radius 1 is 1.53 bits per heavy atom. The smallest absolute Gasteiger partial charge is 0.304 e. The first-order chi connectivity index (χ1) is 9.02. The number of imidazole rings is 1. The van der Waals surface area contributed by atoms with Gasteiger partial charge in [0.2, 0.25) is 0 Å². The van der Waals surface area contributed by atoms with E-state index < -0.39 is 5.97 Å². The Hall–Kier alpha value is -1.88. The molecule has 5 nitrogen and oxygen atoms in total. The second-order valence-electron chi connectivity index (χ2n) is 5.27. The third kappa shape index (κ3) is 1.81. The van der Waals surface area contributed by atoms with Gasteiger partial charge in [-0.25, -0.2) is 4.98 Å². The number of aliphatic carboxylic acids is 1. The molecule has 1 N–H and O–H groups in total. The molecule has 19 heavy (non-hydrogen) atoms. The first-order valence-corrected chi connectivity index (χ1v) is 6.25. The number of nitrogens with zero attached hydrogens (tertiary/aromatic N) is 2. The zero-order valence-corrected chi connectivity index (χ0v) is 11.0. The standard InChI is InChI=1S/C14H16N2O3/c1-9-15-11-5-10(3-4-12(11)16(9)2)14(6-13(17)18)7-19-8-14/h3-5H,6-8H2,1-2H3,(H,17,18). The Labute approximate surface area is 110 Å². The van der Waals surface area contributed by atoms with Crippen molar-refractivity contribution in [2.24, 2.45) is 7.05 Å². The van der Waals surface area contributed by atoms with Crippen LogP contribution in [0.3, 0.4) is 0 Å². The van der Waals surface area contributed by atoms with Crippen molar-refractivity contribution in [1.82, 2.24) is 9.55 Å². The molecule has 2 aromatic rings. The van der Waals surface area contributed by atoms with Gasteiger partial charge in [0, 0.05) is 7.05 Å². The van der Waals surface area contributed by atoms with Crippen molar-refractivity contribution >= 4 is 17.0 Å². The topological polar surface area (TPSA) is 64.3 Å². The highest BCUT2D eigenvalue weighted by Gasteiger charge is 2.42. The molecular formula is C14H16N2O3. The molecule has 0 atom stereocenters. The number of rotatable bonds is 3. The van der Waals surface area contributed by atoms with Gasteiger partial charge in [0.15, 0.2) is 0 Å². The Morgan fingerprint density at radius 2 is 2.26 bits per heavy atom. The molecule has 0 amide bonds. The van der Waals surface area contributed by atoms with Crippen LogP contribution in [0.15, 0.2) is 18.2 Å². The fraction of sp³-hybridized carbons (Fsp3) is 0.429. The molecule has 0 radical (unpaired) electrons. The third-order valence-electron chi connectivity index (χ3n) is 3.96. The third-order valence-corrected chi connectivity index (χ3v) is 3.96. The molecule has 2 heterocycles. The van der Waals surface area contributed by atoms with Crippen molar-refractivity contribution in [2.75, 3.05) is 13.2 Å². The molecule has 1 aliphatic heterocycles. The van der Waals surface area contributed by atoms with Gasteiger partial charge < -0.3 is 14.4 Å².